The van der Waals surface area contributed by atoms with E-state index in [1.807, 2.05) is 11.9 Å². The van der Waals surface area contributed by atoms with E-state index in [4.69, 9.17) is 25.8 Å². The minimum Gasteiger partial charge on any atom is -0.461 e. The lowest BCUT2D eigenvalue weighted by Crippen LogP contribution is -2.23. The summed E-state index contributed by atoms with van der Waals surface area (Å²) in [5, 5.41) is 20.2. The fraction of sp³-hybridized carbons (Fsp3) is 0.194. The van der Waals surface area contributed by atoms with Crippen molar-refractivity contribution < 1.29 is 33.5 Å². The topological polar surface area (TPSA) is 150 Å². The lowest BCUT2D eigenvalue weighted by atomic mass is 10.1. The highest BCUT2D eigenvalue weighted by atomic mass is 35.5. The molecule has 3 aromatic rings. The Morgan fingerprint density at radius 2 is 1.57 bits per heavy atom. The van der Waals surface area contributed by atoms with Crippen LogP contribution in [0.3, 0.4) is 0 Å². The number of hydrogen-bond donors (Lipinski definition) is 0. The molecule has 0 fully saturated rings. The van der Waals surface area contributed by atoms with Crippen LogP contribution in [0, 0.1) is 10.1 Å². The SMILES string of the molecule is C=C(C)C(=O)OCCOC(=O)c1cc(N=Nc2ccc(N(C)CCOC(=O)/C=C/c3ccc(Cl)cc3)cc2)ccc1[N+](=O)[O-]. The van der Waals surface area contributed by atoms with Crippen LogP contribution in [0.25, 0.3) is 6.08 Å². The molecule has 0 heterocycles. The summed E-state index contributed by atoms with van der Waals surface area (Å²) < 4.78 is 15.1. The number of benzene rings is 3. The van der Waals surface area contributed by atoms with Crippen LogP contribution in [-0.2, 0) is 23.8 Å². The van der Waals surface area contributed by atoms with Crippen LogP contribution in [0.15, 0.2) is 95.2 Å². The van der Waals surface area contributed by atoms with Gasteiger partial charge in [-0.1, -0.05) is 30.3 Å². The number of halogens is 1. The summed E-state index contributed by atoms with van der Waals surface area (Å²) in [5.74, 6) is -2.08. The molecule has 0 N–H and O–H groups in total. The Morgan fingerprint density at radius 3 is 2.23 bits per heavy atom. The standard InChI is InChI=1S/C31H29ClN4O8/c1-21(2)30(38)43-18-19-44-31(39)27-20-25(11-14-28(27)36(40)41)34-33-24-9-12-26(13-10-24)35(3)16-17-42-29(37)15-6-22-4-7-23(32)8-5-22/h4-15,20H,1,16-19H2,2-3H3/b15-6+,34-33?. The van der Waals surface area contributed by atoms with E-state index in [1.54, 1.807) is 54.6 Å². The Labute approximate surface area is 258 Å². The quantitative estimate of drug-likeness (QED) is 0.0368. The van der Waals surface area contributed by atoms with Crippen molar-refractivity contribution in [2.75, 3.05) is 38.3 Å². The van der Waals surface area contributed by atoms with Gasteiger partial charge < -0.3 is 19.1 Å². The maximum absolute atomic E-state index is 12.5. The number of carbonyl (C=O) groups excluding carboxylic acids is 3. The zero-order chi connectivity index (χ0) is 32.1. The number of hydrogen-bond acceptors (Lipinski definition) is 11. The average Bonchev–Trinajstić information content (AvgIpc) is 3.01. The van der Waals surface area contributed by atoms with Crippen molar-refractivity contribution in [2.24, 2.45) is 10.2 Å². The van der Waals surface area contributed by atoms with Gasteiger partial charge in [0.25, 0.3) is 5.69 Å². The highest BCUT2D eigenvalue weighted by Crippen LogP contribution is 2.27. The number of azo groups is 1. The van der Waals surface area contributed by atoms with E-state index in [0.717, 1.165) is 17.3 Å². The molecule has 0 aliphatic carbocycles. The summed E-state index contributed by atoms with van der Waals surface area (Å²) in [6.07, 6.45) is 3.00. The molecule has 0 aliphatic rings. The van der Waals surface area contributed by atoms with Crippen molar-refractivity contribution in [3.63, 3.8) is 0 Å². The number of carbonyl (C=O) groups is 3. The van der Waals surface area contributed by atoms with Crippen LogP contribution in [-0.4, -0.2) is 56.2 Å². The van der Waals surface area contributed by atoms with Crippen molar-refractivity contribution in [2.45, 2.75) is 6.92 Å². The van der Waals surface area contributed by atoms with E-state index in [2.05, 4.69) is 16.8 Å². The van der Waals surface area contributed by atoms with Crippen molar-refractivity contribution in [1.29, 1.82) is 0 Å². The van der Waals surface area contributed by atoms with Crippen LogP contribution in [0.5, 0.6) is 0 Å². The number of ether oxygens (including phenoxy) is 3. The maximum Gasteiger partial charge on any atom is 0.345 e. The lowest BCUT2D eigenvalue weighted by molar-refractivity contribution is -0.385. The van der Waals surface area contributed by atoms with Crippen molar-refractivity contribution in [3.8, 4) is 0 Å². The zero-order valence-electron chi connectivity index (χ0n) is 24.0. The van der Waals surface area contributed by atoms with Gasteiger partial charge in [0.15, 0.2) is 0 Å². The molecule has 0 unspecified atom stereocenters. The number of anilines is 1. The second-order valence-corrected chi connectivity index (χ2v) is 9.64. The predicted molar refractivity (Wildman–Crippen MR) is 164 cm³/mol. The van der Waals surface area contributed by atoms with E-state index in [-0.39, 0.29) is 36.6 Å². The summed E-state index contributed by atoms with van der Waals surface area (Å²) >= 11 is 5.85. The Kier molecular flexibility index (Phi) is 12.3. The molecule has 0 radical (unpaired) electrons. The second-order valence-electron chi connectivity index (χ2n) is 9.20. The zero-order valence-corrected chi connectivity index (χ0v) is 24.7. The van der Waals surface area contributed by atoms with E-state index >= 15 is 0 Å². The molecule has 0 spiro atoms. The van der Waals surface area contributed by atoms with Gasteiger partial charge >= 0.3 is 17.9 Å². The molecule has 228 valence electrons. The Bertz CT molecular complexity index is 1570. The number of rotatable bonds is 14. The molecule has 0 aromatic heterocycles. The number of esters is 3. The molecule has 0 amide bonds. The van der Waals surface area contributed by atoms with Crippen molar-refractivity contribution >= 4 is 58.3 Å². The molecule has 0 bridgehead atoms. The third-order valence-corrected chi connectivity index (χ3v) is 6.07. The maximum atomic E-state index is 12.5. The summed E-state index contributed by atoms with van der Waals surface area (Å²) in [6.45, 7) is 4.99. The first kappa shape index (κ1) is 33.1. The van der Waals surface area contributed by atoms with Crippen LogP contribution in [0.2, 0.25) is 5.02 Å². The molecule has 0 aliphatic heterocycles. The van der Waals surface area contributed by atoms with Gasteiger partial charge in [-0.25, -0.2) is 14.4 Å². The third kappa shape index (κ3) is 10.5. The average molecular weight is 621 g/mol. The molecule has 3 rings (SSSR count). The van der Waals surface area contributed by atoms with Gasteiger partial charge in [0, 0.05) is 35.5 Å². The Balaban J connectivity index is 1.53. The summed E-state index contributed by atoms with van der Waals surface area (Å²) in [6, 6.07) is 17.7. The van der Waals surface area contributed by atoms with Gasteiger partial charge in [-0.15, -0.1) is 0 Å². The highest BCUT2D eigenvalue weighted by molar-refractivity contribution is 6.30. The number of nitro benzene ring substituents is 1. The number of nitrogens with zero attached hydrogens (tertiary/aromatic N) is 4. The second kappa shape index (κ2) is 16.3. The minimum atomic E-state index is -0.976. The van der Waals surface area contributed by atoms with E-state index in [9.17, 15) is 24.5 Å². The molecule has 3 aromatic carbocycles. The molecule has 0 atom stereocenters. The largest absolute Gasteiger partial charge is 0.461 e. The first-order chi connectivity index (χ1) is 21.0. The van der Waals surface area contributed by atoms with Gasteiger partial charge in [0.2, 0.25) is 0 Å². The normalized spacial score (nSPS) is 10.9. The molecule has 0 saturated heterocycles. The predicted octanol–water partition coefficient (Wildman–Crippen LogP) is 6.63. The van der Waals surface area contributed by atoms with Crippen molar-refractivity contribution in [1.82, 2.24) is 0 Å². The van der Waals surface area contributed by atoms with Crippen LogP contribution < -0.4 is 4.90 Å². The van der Waals surface area contributed by atoms with E-state index < -0.39 is 28.5 Å². The van der Waals surface area contributed by atoms with Crippen LogP contribution in [0.4, 0.5) is 22.7 Å². The molecule has 12 nitrogen and oxygen atoms in total. The van der Waals surface area contributed by atoms with E-state index in [0.29, 0.717) is 17.3 Å². The lowest BCUT2D eigenvalue weighted by Gasteiger charge is -2.18. The first-order valence-electron chi connectivity index (χ1n) is 13.1. The summed E-state index contributed by atoms with van der Waals surface area (Å²) in [4.78, 5) is 48.5. The Morgan fingerprint density at radius 1 is 0.932 bits per heavy atom. The molecular formula is C31H29ClN4O8. The first-order valence-corrected chi connectivity index (χ1v) is 13.5. The van der Waals surface area contributed by atoms with E-state index in [1.165, 1.54) is 25.1 Å². The van der Waals surface area contributed by atoms with Crippen molar-refractivity contribution in [3.05, 3.63) is 111 Å². The fourth-order valence-corrected chi connectivity index (χ4v) is 3.59. The van der Waals surface area contributed by atoms with Gasteiger partial charge in [-0.2, -0.15) is 10.2 Å². The van der Waals surface area contributed by atoms with Gasteiger partial charge in [0.1, 0.15) is 25.4 Å². The van der Waals surface area contributed by atoms with Crippen LogP contribution >= 0.6 is 11.6 Å². The monoisotopic (exact) mass is 620 g/mol. The highest BCUT2D eigenvalue weighted by Gasteiger charge is 2.22. The molecular weight excluding hydrogens is 592 g/mol. The molecule has 0 saturated carbocycles. The van der Waals surface area contributed by atoms with Gasteiger partial charge in [-0.05, 0) is 67.1 Å². The minimum absolute atomic E-state index is 0.173. The number of likely N-dealkylation sites (N-methyl/N-ethyl adjacent to an activating group) is 1. The summed E-state index contributed by atoms with van der Waals surface area (Å²) in [7, 11) is 1.84. The third-order valence-electron chi connectivity index (χ3n) is 5.82. The van der Waals surface area contributed by atoms with Gasteiger partial charge in [-0.3, -0.25) is 10.1 Å². The molecule has 44 heavy (non-hydrogen) atoms. The number of nitro groups is 1. The Hall–Kier alpha value is -5.36. The fourth-order valence-electron chi connectivity index (χ4n) is 3.47. The molecule has 13 heteroatoms. The van der Waals surface area contributed by atoms with Gasteiger partial charge in [0.05, 0.1) is 22.8 Å². The van der Waals surface area contributed by atoms with Crippen LogP contribution in [0.1, 0.15) is 22.8 Å². The smallest absolute Gasteiger partial charge is 0.345 e. The summed E-state index contributed by atoms with van der Waals surface area (Å²) in [5.41, 5.74) is 1.73.